The minimum absolute atomic E-state index is 0. The van der Waals surface area contributed by atoms with Gasteiger partial charge in [-0.1, -0.05) is 19.3 Å². The van der Waals surface area contributed by atoms with E-state index in [9.17, 15) is 14.4 Å². The summed E-state index contributed by atoms with van der Waals surface area (Å²) in [5, 5.41) is 20.3. The van der Waals surface area contributed by atoms with Gasteiger partial charge < -0.3 is 10.0 Å². The fourth-order valence-electron chi connectivity index (χ4n) is 0.620. The van der Waals surface area contributed by atoms with Crippen LogP contribution in [0.25, 0.3) is 0 Å². The first-order valence-electron chi connectivity index (χ1n) is 2.77. The summed E-state index contributed by atoms with van der Waals surface area (Å²) < 4.78 is 12.1. The molecule has 12 heavy (non-hydrogen) atoms. The van der Waals surface area contributed by atoms with Gasteiger partial charge >= 0.3 is 59.1 Å². The number of hydrogen-bond acceptors (Lipinski definition) is 2. The SMILES string of the molecule is [Na+].[Na+].[O-]B([O-])c1ccc(F)cc1. The van der Waals surface area contributed by atoms with Crippen molar-refractivity contribution in [1.82, 2.24) is 0 Å². The predicted octanol–water partition coefficient (Wildman–Crippen LogP) is -7.75. The molecule has 0 atom stereocenters. The molecule has 2 nitrogen and oxygen atoms in total. The van der Waals surface area contributed by atoms with Crippen molar-refractivity contribution in [3.63, 3.8) is 0 Å². The molecule has 6 heteroatoms. The van der Waals surface area contributed by atoms with Crippen LogP contribution in [0.2, 0.25) is 0 Å². The predicted molar refractivity (Wildman–Crippen MR) is 31.8 cm³/mol. The molecule has 0 N–H and O–H groups in total. The third-order valence-corrected chi connectivity index (χ3v) is 1.14. The van der Waals surface area contributed by atoms with E-state index in [2.05, 4.69) is 0 Å². The van der Waals surface area contributed by atoms with E-state index in [1.807, 2.05) is 0 Å². The second-order valence-corrected chi connectivity index (χ2v) is 1.88. The molecule has 1 rings (SSSR count). The Balaban J connectivity index is 0. The average molecular weight is 184 g/mol. The third kappa shape index (κ3) is 4.99. The van der Waals surface area contributed by atoms with Crippen molar-refractivity contribution in [2.75, 3.05) is 0 Å². The van der Waals surface area contributed by atoms with Gasteiger partial charge in [0.15, 0.2) is 0 Å². The van der Waals surface area contributed by atoms with Gasteiger partial charge in [0.25, 0.3) is 0 Å². The summed E-state index contributed by atoms with van der Waals surface area (Å²) in [5.74, 6) is -0.440. The summed E-state index contributed by atoms with van der Waals surface area (Å²) in [5.41, 5.74) is 0.0707. The number of benzene rings is 1. The maximum Gasteiger partial charge on any atom is 1.00 e. The molecule has 0 radical (unpaired) electrons. The van der Waals surface area contributed by atoms with Gasteiger partial charge in [-0.25, -0.2) is 4.39 Å². The summed E-state index contributed by atoms with van der Waals surface area (Å²) in [6.45, 7) is 0. The van der Waals surface area contributed by atoms with Gasteiger partial charge in [0.1, 0.15) is 5.82 Å². The Morgan fingerprint density at radius 1 is 1.00 bits per heavy atom. The smallest absolute Gasteiger partial charge is 0.889 e. The van der Waals surface area contributed by atoms with E-state index in [-0.39, 0.29) is 64.6 Å². The van der Waals surface area contributed by atoms with Crippen LogP contribution >= 0.6 is 0 Å². The molecular formula is C6H4BFNa2O2. The van der Waals surface area contributed by atoms with Gasteiger partial charge in [-0.3, -0.25) is 0 Å². The fourth-order valence-corrected chi connectivity index (χ4v) is 0.620. The molecule has 1 aromatic rings. The Morgan fingerprint density at radius 2 is 1.42 bits per heavy atom. The van der Waals surface area contributed by atoms with Gasteiger partial charge in [-0.15, -0.1) is 5.46 Å². The molecule has 0 saturated carbocycles. The van der Waals surface area contributed by atoms with Crippen LogP contribution in [0.15, 0.2) is 24.3 Å². The fraction of sp³-hybridized carbons (Fsp3) is 0. The standard InChI is InChI=1S/C6H4BFO2.2Na/c8-6-3-1-5(2-4-6)7(9)10;;/h1-4H;;/q-2;2*+1. The molecule has 0 heterocycles. The zero-order chi connectivity index (χ0) is 7.56. The maximum atomic E-state index is 12.1. The van der Waals surface area contributed by atoms with Crippen LogP contribution in [0.1, 0.15) is 0 Å². The van der Waals surface area contributed by atoms with E-state index in [0.717, 1.165) is 12.1 Å². The Labute approximate surface area is 115 Å². The first-order valence-corrected chi connectivity index (χ1v) is 2.77. The first kappa shape index (κ1) is 15.6. The van der Waals surface area contributed by atoms with Gasteiger partial charge in [-0.05, 0) is 12.1 Å². The average Bonchev–Trinajstić information content (AvgIpc) is 1.88. The third-order valence-electron chi connectivity index (χ3n) is 1.14. The quantitative estimate of drug-likeness (QED) is 0.407. The molecule has 52 valence electrons. The number of hydrogen-bond donors (Lipinski definition) is 0. The van der Waals surface area contributed by atoms with Crippen molar-refractivity contribution in [2.24, 2.45) is 0 Å². The Morgan fingerprint density at radius 3 is 1.75 bits per heavy atom. The molecule has 0 unspecified atom stereocenters. The van der Waals surface area contributed by atoms with Crippen LogP contribution in [-0.4, -0.2) is 7.12 Å². The molecule has 1 aromatic carbocycles. The van der Waals surface area contributed by atoms with E-state index >= 15 is 0 Å². The van der Waals surface area contributed by atoms with Crippen LogP contribution < -0.4 is 74.6 Å². The van der Waals surface area contributed by atoms with Crippen molar-refractivity contribution < 1.29 is 73.6 Å². The van der Waals surface area contributed by atoms with Crippen molar-refractivity contribution in [2.45, 2.75) is 0 Å². The van der Waals surface area contributed by atoms with E-state index in [1.165, 1.54) is 12.1 Å². The van der Waals surface area contributed by atoms with E-state index in [4.69, 9.17) is 0 Å². The van der Waals surface area contributed by atoms with Crippen LogP contribution in [0.5, 0.6) is 0 Å². The van der Waals surface area contributed by atoms with E-state index < -0.39 is 12.9 Å². The molecule has 0 amide bonds. The van der Waals surface area contributed by atoms with Crippen LogP contribution in [0, 0.1) is 5.82 Å². The summed E-state index contributed by atoms with van der Waals surface area (Å²) >= 11 is 0. The summed E-state index contributed by atoms with van der Waals surface area (Å²) in [6.07, 6.45) is 0. The van der Waals surface area contributed by atoms with Crippen LogP contribution in [0.4, 0.5) is 4.39 Å². The largest absolute Gasteiger partial charge is 1.00 e. The summed E-state index contributed by atoms with van der Waals surface area (Å²) in [4.78, 5) is 0. The molecule has 0 aliphatic rings. The van der Waals surface area contributed by atoms with Crippen molar-refractivity contribution >= 4 is 12.6 Å². The van der Waals surface area contributed by atoms with Gasteiger partial charge in [-0.2, -0.15) is 0 Å². The molecule has 0 bridgehead atoms. The monoisotopic (exact) mass is 184 g/mol. The second kappa shape index (κ2) is 7.53. The van der Waals surface area contributed by atoms with E-state index in [0.29, 0.717) is 0 Å². The molecule has 0 aliphatic carbocycles. The topological polar surface area (TPSA) is 46.1 Å². The van der Waals surface area contributed by atoms with Gasteiger partial charge in [0.2, 0.25) is 0 Å². The summed E-state index contributed by atoms with van der Waals surface area (Å²) in [7, 11) is -2.01. The van der Waals surface area contributed by atoms with Crippen molar-refractivity contribution in [3.8, 4) is 0 Å². The molecule has 0 aromatic heterocycles. The molecule has 0 spiro atoms. The molecule has 0 aliphatic heterocycles. The zero-order valence-electron chi connectivity index (χ0n) is 7.08. The molecule has 0 fully saturated rings. The Bertz CT molecular complexity index is 217. The number of rotatable bonds is 1. The Hall–Kier alpha value is 1.13. The maximum absolute atomic E-state index is 12.1. The molecule has 0 saturated heterocycles. The first-order chi connectivity index (χ1) is 4.70. The van der Waals surface area contributed by atoms with Gasteiger partial charge in [0.05, 0.1) is 0 Å². The normalized spacial score (nSPS) is 7.92. The van der Waals surface area contributed by atoms with Crippen molar-refractivity contribution in [3.05, 3.63) is 30.1 Å². The molecular weight excluding hydrogens is 180 g/mol. The summed E-state index contributed by atoms with van der Waals surface area (Å²) in [6, 6.07) is 4.58. The van der Waals surface area contributed by atoms with Crippen LogP contribution in [-0.2, 0) is 0 Å². The number of halogens is 1. The minimum atomic E-state index is -2.01. The zero-order valence-corrected chi connectivity index (χ0v) is 11.1. The van der Waals surface area contributed by atoms with E-state index in [1.54, 1.807) is 0 Å². The van der Waals surface area contributed by atoms with Gasteiger partial charge in [0, 0.05) is 0 Å². The minimum Gasteiger partial charge on any atom is -0.889 e. The second-order valence-electron chi connectivity index (χ2n) is 1.88. The van der Waals surface area contributed by atoms with Crippen molar-refractivity contribution in [1.29, 1.82) is 0 Å². The van der Waals surface area contributed by atoms with Crippen LogP contribution in [0.3, 0.4) is 0 Å². The Kier molecular flexibility index (Phi) is 9.79.